The van der Waals surface area contributed by atoms with Crippen LogP contribution in [0.1, 0.15) is 58.8 Å². The zero-order chi connectivity index (χ0) is 11.1. The largest absolute Gasteiger partial charge is 0.312 e. The molecule has 1 rings (SSSR count). The normalized spacial score (nSPS) is 22.2. The van der Waals surface area contributed by atoms with E-state index in [2.05, 4.69) is 19.3 Å². The number of hydrogen-bond donors (Lipinski definition) is 2. The lowest BCUT2D eigenvalue weighted by atomic mass is 10.1. The molecule has 0 spiro atoms. The van der Waals surface area contributed by atoms with Gasteiger partial charge >= 0.3 is 0 Å². The standard InChI is InChI=1S/C12H25N3/c1-3-10(2)12(15-13)14-11-8-6-4-5-7-9-11/h10-11H,3-9,13H2,1-2H3,(H,14,15). The number of nitrogens with one attached hydrogen (secondary N) is 1. The topological polar surface area (TPSA) is 50.4 Å². The van der Waals surface area contributed by atoms with Crippen LogP contribution >= 0.6 is 0 Å². The van der Waals surface area contributed by atoms with Gasteiger partial charge in [-0.3, -0.25) is 4.99 Å². The summed E-state index contributed by atoms with van der Waals surface area (Å²) in [4.78, 5) is 4.77. The van der Waals surface area contributed by atoms with E-state index in [4.69, 9.17) is 10.8 Å². The Balaban J connectivity index is 2.55. The van der Waals surface area contributed by atoms with E-state index in [1.807, 2.05) is 0 Å². The third-order valence-corrected chi connectivity index (χ3v) is 3.37. The van der Waals surface area contributed by atoms with Crippen LogP contribution in [-0.2, 0) is 0 Å². The number of hydrazine groups is 1. The van der Waals surface area contributed by atoms with Gasteiger partial charge in [-0.25, -0.2) is 5.84 Å². The van der Waals surface area contributed by atoms with Crippen molar-refractivity contribution in [1.82, 2.24) is 5.43 Å². The van der Waals surface area contributed by atoms with Gasteiger partial charge in [-0.2, -0.15) is 0 Å². The van der Waals surface area contributed by atoms with E-state index in [0.29, 0.717) is 12.0 Å². The van der Waals surface area contributed by atoms with Gasteiger partial charge in [-0.1, -0.05) is 39.5 Å². The molecule has 88 valence electrons. The van der Waals surface area contributed by atoms with Crippen molar-refractivity contribution in [1.29, 1.82) is 0 Å². The van der Waals surface area contributed by atoms with Gasteiger partial charge in [0.1, 0.15) is 5.84 Å². The molecule has 0 radical (unpaired) electrons. The van der Waals surface area contributed by atoms with Gasteiger partial charge < -0.3 is 5.43 Å². The van der Waals surface area contributed by atoms with Crippen molar-refractivity contribution in [2.24, 2.45) is 16.8 Å². The van der Waals surface area contributed by atoms with Crippen molar-refractivity contribution < 1.29 is 0 Å². The lowest BCUT2D eigenvalue weighted by Gasteiger charge is -2.16. The highest BCUT2D eigenvalue weighted by molar-refractivity contribution is 5.83. The average Bonchev–Trinajstić information content (AvgIpc) is 2.53. The molecule has 0 aromatic heterocycles. The first-order valence-electron chi connectivity index (χ1n) is 6.32. The molecule has 1 saturated carbocycles. The highest BCUT2D eigenvalue weighted by Crippen LogP contribution is 2.20. The first-order chi connectivity index (χ1) is 7.27. The van der Waals surface area contributed by atoms with Crippen molar-refractivity contribution in [3.63, 3.8) is 0 Å². The predicted molar refractivity (Wildman–Crippen MR) is 65.7 cm³/mol. The van der Waals surface area contributed by atoms with E-state index in [0.717, 1.165) is 12.3 Å². The van der Waals surface area contributed by atoms with Crippen LogP contribution < -0.4 is 11.3 Å². The minimum absolute atomic E-state index is 0.457. The molecular weight excluding hydrogens is 186 g/mol. The number of rotatable bonds is 3. The minimum Gasteiger partial charge on any atom is -0.312 e. The van der Waals surface area contributed by atoms with Gasteiger partial charge in [0.15, 0.2) is 0 Å². The third-order valence-electron chi connectivity index (χ3n) is 3.37. The Morgan fingerprint density at radius 3 is 2.40 bits per heavy atom. The molecule has 0 aromatic carbocycles. The van der Waals surface area contributed by atoms with E-state index in [1.54, 1.807) is 0 Å². The highest BCUT2D eigenvalue weighted by atomic mass is 15.3. The summed E-state index contributed by atoms with van der Waals surface area (Å²) < 4.78 is 0. The van der Waals surface area contributed by atoms with Crippen molar-refractivity contribution >= 4 is 5.84 Å². The zero-order valence-corrected chi connectivity index (χ0v) is 10.1. The first-order valence-corrected chi connectivity index (χ1v) is 6.32. The van der Waals surface area contributed by atoms with Crippen molar-refractivity contribution in [2.45, 2.75) is 64.8 Å². The second kappa shape index (κ2) is 6.83. The molecule has 3 heteroatoms. The molecule has 0 bridgehead atoms. The number of nitrogens with two attached hydrogens (primary N) is 1. The molecular formula is C12H25N3. The number of amidine groups is 1. The van der Waals surface area contributed by atoms with Crippen LogP contribution in [0, 0.1) is 5.92 Å². The molecule has 1 aliphatic carbocycles. The third kappa shape index (κ3) is 4.20. The summed E-state index contributed by atoms with van der Waals surface area (Å²) >= 11 is 0. The molecule has 0 aromatic rings. The molecule has 0 heterocycles. The predicted octanol–water partition coefficient (Wildman–Crippen LogP) is 2.62. The Hall–Kier alpha value is -0.570. The Labute approximate surface area is 93.5 Å². The Bertz CT molecular complexity index is 193. The molecule has 1 fully saturated rings. The summed E-state index contributed by atoms with van der Waals surface area (Å²) in [5.41, 5.74) is 2.77. The fraction of sp³-hybridized carbons (Fsp3) is 0.917. The van der Waals surface area contributed by atoms with Crippen LogP contribution in [0.2, 0.25) is 0 Å². The minimum atomic E-state index is 0.457. The summed E-state index contributed by atoms with van der Waals surface area (Å²) in [5, 5.41) is 0. The van der Waals surface area contributed by atoms with Gasteiger partial charge in [0.2, 0.25) is 0 Å². The summed E-state index contributed by atoms with van der Waals surface area (Å²) in [6.07, 6.45) is 8.97. The lowest BCUT2D eigenvalue weighted by Crippen LogP contribution is -2.36. The Morgan fingerprint density at radius 1 is 1.33 bits per heavy atom. The smallest absolute Gasteiger partial charge is 0.113 e. The maximum Gasteiger partial charge on any atom is 0.113 e. The molecule has 3 N–H and O–H groups in total. The van der Waals surface area contributed by atoms with Crippen LogP contribution in [-0.4, -0.2) is 11.9 Å². The number of aliphatic imine (C=N–C) groups is 1. The molecule has 0 aliphatic heterocycles. The van der Waals surface area contributed by atoms with Crippen molar-refractivity contribution in [3.8, 4) is 0 Å². The first kappa shape index (κ1) is 12.5. The summed E-state index contributed by atoms with van der Waals surface area (Å²) in [6, 6.07) is 0.507. The second-order valence-corrected chi connectivity index (χ2v) is 4.61. The van der Waals surface area contributed by atoms with Gasteiger partial charge in [-0.15, -0.1) is 0 Å². The van der Waals surface area contributed by atoms with Gasteiger partial charge in [0, 0.05) is 5.92 Å². The maximum atomic E-state index is 5.52. The fourth-order valence-corrected chi connectivity index (χ4v) is 2.08. The molecule has 0 amide bonds. The quantitative estimate of drug-likeness (QED) is 0.248. The van der Waals surface area contributed by atoms with Gasteiger partial charge in [-0.05, 0) is 19.3 Å². The molecule has 3 nitrogen and oxygen atoms in total. The second-order valence-electron chi connectivity index (χ2n) is 4.61. The molecule has 0 saturated heterocycles. The summed E-state index contributed by atoms with van der Waals surface area (Å²) in [7, 11) is 0. The molecule has 1 unspecified atom stereocenters. The van der Waals surface area contributed by atoms with Crippen molar-refractivity contribution in [2.75, 3.05) is 0 Å². The number of nitrogens with zero attached hydrogens (tertiary/aromatic N) is 1. The van der Waals surface area contributed by atoms with E-state index in [9.17, 15) is 0 Å². The number of hydrogen-bond acceptors (Lipinski definition) is 2. The average molecular weight is 211 g/mol. The summed E-state index contributed by atoms with van der Waals surface area (Å²) in [5.74, 6) is 6.97. The Morgan fingerprint density at radius 2 is 1.93 bits per heavy atom. The van der Waals surface area contributed by atoms with Gasteiger partial charge in [0.05, 0.1) is 6.04 Å². The summed E-state index contributed by atoms with van der Waals surface area (Å²) in [6.45, 7) is 4.35. The SMILES string of the molecule is CCC(C)C(=NC1CCCCCC1)NN. The monoisotopic (exact) mass is 211 g/mol. The lowest BCUT2D eigenvalue weighted by molar-refractivity contribution is 0.571. The van der Waals surface area contributed by atoms with Crippen LogP contribution in [0.25, 0.3) is 0 Å². The van der Waals surface area contributed by atoms with E-state index >= 15 is 0 Å². The van der Waals surface area contributed by atoms with Crippen LogP contribution in [0.3, 0.4) is 0 Å². The zero-order valence-electron chi connectivity index (χ0n) is 10.1. The van der Waals surface area contributed by atoms with Crippen LogP contribution in [0.4, 0.5) is 0 Å². The van der Waals surface area contributed by atoms with E-state index in [1.165, 1.54) is 38.5 Å². The Kier molecular flexibility index (Phi) is 5.69. The van der Waals surface area contributed by atoms with Crippen LogP contribution in [0.5, 0.6) is 0 Å². The fourth-order valence-electron chi connectivity index (χ4n) is 2.08. The van der Waals surface area contributed by atoms with Gasteiger partial charge in [0.25, 0.3) is 0 Å². The molecule has 1 aliphatic rings. The maximum absolute atomic E-state index is 5.52. The highest BCUT2D eigenvalue weighted by Gasteiger charge is 2.14. The van der Waals surface area contributed by atoms with Crippen LogP contribution in [0.15, 0.2) is 4.99 Å². The van der Waals surface area contributed by atoms with Crippen molar-refractivity contribution in [3.05, 3.63) is 0 Å². The van der Waals surface area contributed by atoms with E-state index in [-0.39, 0.29) is 0 Å². The van der Waals surface area contributed by atoms with E-state index < -0.39 is 0 Å². The molecule has 1 atom stereocenters. The molecule has 15 heavy (non-hydrogen) atoms.